The van der Waals surface area contributed by atoms with Crippen molar-refractivity contribution >= 4 is 0 Å². The van der Waals surface area contributed by atoms with Crippen molar-refractivity contribution in [2.24, 2.45) is 0 Å². The monoisotopic (exact) mass is 350 g/mol. The van der Waals surface area contributed by atoms with Gasteiger partial charge in [-0.15, -0.1) is 0 Å². The van der Waals surface area contributed by atoms with Gasteiger partial charge in [-0.2, -0.15) is 18.3 Å². The van der Waals surface area contributed by atoms with Crippen molar-refractivity contribution in [3.8, 4) is 11.3 Å². The lowest BCUT2D eigenvalue weighted by Crippen LogP contribution is -2.33. The minimum Gasteiger partial charge on any atom is -0.298 e. The highest BCUT2D eigenvalue weighted by atomic mass is 19.4. The SMILES string of the molecule is Fc1ccc(-c2[nH]ncc2CN[C@H](c2cccnc2)C(F)(F)F)cc1. The summed E-state index contributed by atoms with van der Waals surface area (Å²) in [7, 11) is 0. The van der Waals surface area contributed by atoms with Crippen LogP contribution in [0, 0.1) is 5.82 Å². The fourth-order valence-electron chi connectivity index (χ4n) is 2.49. The molecular formula is C17H14F4N4. The predicted octanol–water partition coefficient (Wildman–Crippen LogP) is 4.00. The van der Waals surface area contributed by atoms with E-state index in [2.05, 4.69) is 20.5 Å². The second kappa shape index (κ2) is 7.02. The molecule has 0 aliphatic rings. The van der Waals surface area contributed by atoms with Crippen molar-refractivity contribution in [3.05, 3.63) is 71.9 Å². The highest BCUT2D eigenvalue weighted by Crippen LogP contribution is 2.33. The fourth-order valence-corrected chi connectivity index (χ4v) is 2.49. The van der Waals surface area contributed by atoms with E-state index in [-0.39, 0.29) is 12.1 Å². The zero-order valence-electron chi connectivity index (χ0n) is 12.9. The molecule has 3 aromatic rings. The Morgan fingerprint density at radius 3 is 2.48 bits per heavy atom. The summed E-state index contributed by atoms with van der Waals surface area (Å²) in [5.41, 5.74) is 1.76. The van der Waals surface area contributed by atoms with Crippen molar-refractivity contribution < 1.29 is 17.6 Å². The molecule has 1 atom stereocenters. The molecule has 2 aromatic heterocycles. The molecule has 8 heteroatoms. The Kier molecular flexibility index (Phi) is 4.80. The second-order valence-electron chi connectivity index (χ2n) is 5.42. The van der Waals surface area contributed by atoms with Crippen molar-refractivity contribution in [2.45, 2.75) is 18.8 Å². The van der Waals surface area contributed by atoms with E-state index in [1.807, 2.05) is 0 Å². The fraction of sp³-hybridized carbons (Fsp3) is 0.176. The standard InChI is InChI=1S/C17H14F4N4/c18-14-5-3-11(4-6-14)15-13(10-24-25-15)9-23-16(17(19,20)21)12-2-1-7-22-8-12/h1-8,10,16,23H,9H2,(H,24,25)/t16-/m1/s1. The molecule has 0 amide bonds. The number of hydrogen-bond donors (Lipinski definition) is 2. The molecule has 0 fully saturated rings. The molecule has 0 spiro atoms. The van der Waals surface area contributed by atoms with Gasteiger partial charge in [0.05, 0.1) is 11.9 Å². The Morgan fingerprint density at radius 2 is 1.84 bits per heavy atom. The molecule has 25 heavy (non-hydrogen) atoms. The summed E-state index contributed by atoms with van der Waals surface area (Å²) < 4.78 is 53.1. The highest BCUT2D eigenvalue weighted by molar-refractivity contribution is 5.62. The number of rotatable bonds is 5. The summed E-state index contributed by atoms with van der Waals surface area (Å²) >= 11 is 0. The van der Waals surface area contributed by atoms with Crippen LogP contribution in [0.25, 0.3) is 11.3 Å². The largest absolute Gasteiger partial charge is 0.407 e. The number of aromatic nitrogens is 3. The molecule has 0 bridgehead atoms. The summed E-state index contributed by atoms with van der Waals surface area (Å²) in [4.78, 5) is 3.74. The number of H-pyrrole nitrogens is 1. The number of aromatic amines is 1. The molecule has 130 valence electrons. The zero-order chi connectivity index (χ0) is 17.9. The smallest absolute Gasteiger partial charge is 0.298 e. The number of halogens is 4. The molecule has 2 heterocycles. The molecule has 3 rings (SSSR count). The maximum Gasteiger partial charge on any atom is 0.407 e. The number of pyridine rings is 1. The molecule has 0 aliphatic heterocycles. The van der Waals surface area contributed by atoms with E-state index in [4.69, 9.17) is 0 Å². The lowest BCUT2D eigenvalue weighted by atomic mass is 10.1. The average Bonchev–Trinajstić information content (AvgIpc) is 3.04. The number of nitrogens with zero attached hydrogens (tertiary/aromatic N) is 2. The molecule has 1 aromatic carbocycles. The van der Waals surface area contributed by atoms with Gasteiger partial charge < -0.3 is 0 Å². The molecule has 0 saturated heterocycles. The van der Waals surface area contributed by atoms with Gasteiger partial charge in [0, 0.05) is 30.1 Å². The third kappa shape index (κ3) is 4.03. The number of nitrogens with one attached hydrogen (secondary N) is 2. The average molecular weight is 350 g/mol. The van der Waals surface area contributed by atoms with E-state index < -0.39 is 18.0 Å². The van der Waals surface area contributed by atoms with Crippen LogP contribution in [-0.2, 0) is 6.54 Å². The van der Waals surface area contributed by atoms with Gasteiger partial charge in [0.25, 0.3) is 0 Å². The summed E-state index contributed by atoms with van der Waals surface area (Å²) in [5, 5.41) is 9.12. The van der Waals surface area contributed by atoms with Crippen LogP contribution in [0.2, 0.25) is 0 Å². The van der Waals surface area contributed by atoms with Gasteiger partial charge in [-0.05, 0) is 35.9 Å². The first-order valence-corrected chi connectivity index (χ1v) is 7.43. The molecule has 0 aliphatic carbocycles. The lowest BCUT2D eigenvalue weighted by Gasteiger charge is -2.21. The minimum atomic E-state index is -4.47. The Morgan fingerprint density at radius 1 is 1.08 bits per heavy atom. The highest BCUT2D eigenvalue weighted by Gasteiger charge is 2.40. The van der Waals surface area contributed by atoms with Gasteiger partial charge in [-0.25, -0.2) is 4.39 Å². The second-order valence-corrected chi connectivity index (χ2v) is 5.42. The van der Waals surface area contributed by atoms with E-state index in [1.54, 1.807) is 0 Å². The van der Waals surface area contributed by atoms with E-state index in [0.717, 1.165) is 0 Å². The Bertz CT molecular complexity index is 813. The topological polar surface area (TPSA) is 53.6 Å². The van der Waals surface area contributed by atoms with Crippen molar-refractivity contribution in [3.63, 3.8) is 0 Å². The normalized spacial score (nSPS) is 13.0. The zero-order valence-corrected chi connectivity index (χ0v) is 12.9. The lowest BCUT2D eigenvalue weighted by molar-refractivity contribution is -0.158. The maximum absolute atomic E-state index is 13.3. The summed E-state index contributed by atoms with van der Waals surface area (Å²) in [6.07, 6.45) is -0.424. The van der Waals surface area contributed by atoms with E-state index in [0.29, 0.717) is 16.8 Å². The van der Waals surface area contributed by atoms with Gasteiger partial charge in [0.1, 0.15) is 11.9 Å². The van der Waals surface area contributed by atoms with Crippen LogP contribution in [0.5, 0.6) is 0 Å². The Hall–Kier alpha value is -2.74. The summed E-state index contributed by atoms with van der Waals surface area (Å²) in [6.45, 7) is -0.0672. The van der Waals surface area contributed by atoms with Crippen molar-refractivity contribution in [2.75, 3.05) is 0 Å². The summed E-state index contributed by atoms with van der Waals surface area (Å²) in [5.74, 6) is -0.392. The number of benzene rings is 1. The molecule has 2 N–H and O–H groups in total. The third-order valence-corrected chi connectivity index (χ3v) is 3.69. The van der Waals surface area contributed by atoms with E-state index in [1.165, 1.54) is 55.0 Å². The predicted molar refractivity (Wildman–Crippen MR) is 83.9 cm³/mol. The van der Waals surface area contributed by atoms with Crippen LogP contribution < -0.4 is 5.32 Å². The van der Waals surface area contributed by atoms with E-state index >= 15 is 0 Å². The van der Waals surface area contributed by atoms with Gasteiger partial charge in [0.2, 0.25) is 0 Å². The van der Waals surface area contributed by atoms with E-state index in [9.17, 15) is 17.6 Å². The first-order chi connectivity index (χ1) is 11.9. The van der Waals surface area contributed by atoms with Crippen LogP contribution in [0.4, 0.5) is 17.6 Å². The van der Waals surface area contributed by atoms with Crippen molar-refractivity contribution in [1.29, 1.82) is 0 Å². The molecule has 0 radical (unpaired) electrons. The van der Waals surface area contributed by atoms with Crippen molar-refractivity contribution in [1.82, 2.24) is 20.5 Å². The third-order valence-electron chi connectivity index (χ3n) is 3.69. The van der Waals surface area contributed by atoms with Gasteiger partial charge in [0.15, 0.2) is 0 Å². The minimum absolute atomic E-state index is 0.0295. The summed E-state index contributed by atoms with van der Waals surface area (Å²) in [6, 6.07) is 6.61. The van der Waals surface area contributed by atoms with Crippen LogP contribution in [0.15, 0.2) is 55.0 Å². The molecule has 4 nitrogen and oxygen atoms in total. The Labute approximate surface area is 140 Å². The number of hydrogen-bond acceptors (Lipinski definition) is 3. The van der Waals surface area contributed by atoms with Crippen LogP contribution in [0.1, 0.15) is 17.2 Å². The molecule has 0 unspecified atom stereocenters. The molecular weight excluding hydrogens is 336 g/mol. The van der Waals surface area contributed by atoms with Gasteiger partial charge in [-0.3, -0.25) is 15.4 Å². The quantitative estimate of drug-likeness (QED) is 0.684. The number of alkyl halides is 3. The van der Waals surface area contributed by atoms with Gasteiger partial charge in [-0.1, -0.05) is 6.07 Å². The van der Waals surface area contributed by atoms with Gasteiger partial charge >= 0.3 is 6.18 Å². The van der Waals surface area contributed by atoms with Crippen LogP contribution in [0.3, 0.4) is 0 Å². The Balaban J connectivity index is 1.81. The first kappa shape index (κ1) is 17.1. The molecule has 0 saturated carbocycles. The first-order valence-electron chi connectivity index (χ1n) is 7.43. The maximum atomic E-state index is 13.3. The van der Waals surface area contributed by atoms with Crippen LogP contribution in [-0.4, -0.2) is 21.4 Å². The van der Waals surface area contributed by atoms with Crippen LogP contribution >= 0.6 is 0 Å².